The Morgan fingerprint density at radius 2 is 1.96 bits per heavy atom. The van der Waals surface area contributed by atoms with Gasteiger partial charge in [-0.1, -0.05) is 0 Å². The Hall–Kier alpha value is -1.97. The van der Waals surface area contributed by atoms with Crippen LogP contribution in [0.2, 0.25) is 0 Å². The van der Waals surface area contributed by atoms with Gasteiger partial charge in [-0.05, 0) is 24.4 Å². The molecule has 0 unspecified atom stereocenters. The highest BCUT2D eigenvalue weighted by molar-refractivity contribution is 5.90. The van der Waals surface area contributed by atoms with Gasteiger partial charge in [-0.25, -0.2) is 0 Å². The van der Waals surface area contributed by atoms with Crippen LogP contribution < -0.4 is 9.47 Å². The highest BCUT2D eigenvalue weighted by atomic mass is 16.7. The zero-order chi connectivity index (χ0) is 18.1. The zero-order valence-electron chi connectivity index (χ0n) is 13.9. The summed E-state index contributed by atoms with van der Waals surface area (Å²) in [4.78, 5) is 4.09. The number of aliphatic hydroxyl groups is 4. The summed E-state index contributed by atoms with van der Waals surface area (Å²) in [6, 6.07) is 3.63. The highest BCUT2D eigenvalue weighted by Gasteiger charge is 2.45. The van der Waals surface area contributed by atoms with E-state index < -0.39 is 37.3 Å². The van der Waals surface area contributed by atoms with Crippen LogP contribution >= 0.6 is 0 Å². The summed E-state index contributed by atoms with van der Waals surface area (Å²) in [7, 11) is 1.53. The van der Waals surface area contributed by atoms with Crippen LogP contribution in [0.3, 0.4) is 0 Å². The number of hydrogen-bond donors (Lipinski definition) is 4. The highest BCUT2D eigenvalue weighted by Crippen LogP contribution is 2.37. The number of pyridine rings is 1. The van der Waals surface area contributed by atoms with E-state index in [4.69, 9.17) is 14.2 Å². The summed E-state index contributed by atoms with van der Waals surface area (Å²) in [5, 5.41) is 40.8. The third-order valence-electron chi connectivity index (χ3n) is 4.40. The van der Waals surface area contributed by atoms with E-state index in [1.54, 1.807) is 25.4 Å². The van der Waals surface area contributed by atoms with E-state index in [-0.39, 0.29) is 0 Å². The molecule has 0 amide bonds. The predicted octanol–water partition coefficient (Wildman–Crippen LogP) is -0.269. The van der Waals surface area contributed by atoms with Gasteiger partial charge in [0, 0.05) is 23.3 Å². The lowest BCUT2D eigenvalue weighted by Gasteiger charge is -2.39. The molecule has 1 aliphatic heterocycles. The molecular weight excluding hydrogens is 330 g/mol. The van der Waals surface area contributed by atoms with Crippen LogP contribution in [-0.2, 0) is 4.74 Å². The number of methoxy groups -OCH3 is 1. The monoisotopic (exact) mass is 351 g/mol. The second-order valence-electron chi connectivity index (χ2n) is 5.94. The quantitative estimate of drug-likeness (QED) is 0.594. The minimum absolute atomic E-state index is 0.381. The Morgan fingerprint density at radius 3 is 2.64 bits per heavy atom. The lowest BCUT2D eigenvalue weighted by atomic mass is 9.99. The van der Waals surface area contributed by atoms with Crippen LogP contribution in [0.25, 0.3) is 10.8 Å². The van der Waals surface area contributed by atoms with Crippen molar-refractivity contribution < 1.29 is 34.6 Å². The van der Waals surface area contributed by atoms with Crippen molar-refractivity contribution in [2.75, 3.05) is 13.7 Å². The summed E-state index contributed by atoms with van der Waals surface area (Å²) in [6.45, 7) is 1.26. The fourth-order valence-electron chi connectivity index (χ4n) is 2.93. The maximum atomic E-state index is 10.2. The molecule has 4 N–H and O–H groups in total. The minimum atomic E-state index is -1.51. The van der Waals surface area contributed by atoms with Gasteiger partial charge in [-0.2, -0.15) is 0 Å². The lowest BCUT2D eigenvalue weighted by Crippen LogP contribution is -2.60. The SMILES string of the molecule is COc1cc2ccncc2c(O[C@@H]2O[C@H](CO)[C@@H](O)[C@H](O)[C@H]2O)c1C. The first kappa shape index (κ1) is 17.8. The van der Waals surface area contributed by atoms with Crippen LogP contribution in [-0.4, -0.2) is 69.8 Å². The first-order valence-electron chi connectivity index (χ1n) is 7.86. The van der Waals surface area contributed by atoms with Crippen molar-refractivity contribution in [3.8, 4) is 11.5 Å². The van der Waals surface area contributed by atoms with E-state index in [2.05, 4.69) is 4.98 Å². The molecule has 1 fully saturated rings. The van der Waals surface area contributed by atoms with Crippen LogP contribution in [0.4, 0.5) is 0 Å². The number of aliphatic hydroxyl groups excluding tert-OH is 4. The van der Waals surface area contributed by atoms with Crippen molar-refractivity contribution in [2.24, 2.45) is 0 Å². The second kappa shape index (κ2) is 7.11. The number of ether oxygens (including phenoxy) is 3. The molecule has 25 heavy (non-hydrogen) atoms. The number of benzene rings is 1. The molecule has 1 aromatic carbocycles. The van der Waals surface area contributed by atoms with Crippen molar-refractivity contribution in [3.05, 3.63) is 30.1 Å². The van der Waals surface area contributed by atoms with Crippen molar-refractivity contribution in [3.63, 3.8) is 0 Å². The maximum Gasteiger partial charge on any atom is 0.229 e. The van der Waals surface area contributed by atoms with Crippen LogP contribution in [0.15, 0.2) is 24.5 Å². The van der Waals surface area contributed by atoms with Crippen LogP contribution in [0.1, 0.15) is 5.56 Å². The summed E-state index contributed by atoms with van der Waals surface area (Å²) < 4.78 is 16.6. The van der Waals surface area contributed by atoms with Gasteiger partial charge in [-0.3, -0.25) is 4.98 Å². The van der Waals surface area contributed by atoms with Gasteiger partial charge in [0.1, 0.15) is 35.9 Å². The minimum Gasteiger partial charge on any atom is -0.496 e. The molecule has 5 atom stereocenters. The molecule has 2 heterocycles. The fraction of sp³-hybridized carbons (Fsp3) is 0.471. The molecule has 136 valence electrons. The molecule has 0 aliphatic carbocycles. The maximum absolute atomic E-state index is 10.2. The van der Waals surface area contributed by atoms with Crippen molar-refractivity contribution in [1.29, 1.82) is 0 Å². The average Bonchev–Trinajstić information content (AvgIpc) is 2.63. The molecule has 1 aromatic heterocycles. The summed E-state index contributed by atoms with van der Waals surface area (Å²) in [5.74, 6) is 0.963. The van der Waals surface area contributed by atoms with Gasteiger partial charge in [0.2, 0.25) is 6.29 Å². The van der Waals surface area contributed by atoms with Crippen molar-refractivity contribution in [1.82, 2.24) is 4.98 Å². The molecular formula is C17H21NO7. The Balaban J connectivity index is 2.01. The first-order valence-corrected chi connectivity index (χ1v) is 7.86. The van der Waals surface area contributed by atoms with E-state index in [1.165, 1.54) is 7.11 Å². The average molecular weight is 351 g/mol. The molecule has 0 radical (unpaired) electrons. The topological polar surface area (TPSA) is 122 Å². The van der Waals surface area contributed by atoms with Crippen LogP contribution in [0.5, 0.6) is 11.5 Å². The predicted molar refractivity (Wildman–Crippen MR) is 87.4 cm³/mol. The molecule has 0 bridgehead atoms. The number of rotatable bonds is 4. The van der Waals surface area contributed by atoms with E-state index in [0.29, 0.717) is 22.4 Å². The van der Waals surface area contributed by atoms with Gasteiger partial charge in [0.05, 0.1) is 13.7 Å². The first-order chi connectivity index (χ1) is 12.0. The zero-order valence-corrected chi connectivity index (χ0v) is 13.9. The normalized spacial score (nSPS) is 29.6. The largest absolute Gasteiger partial charge is 0.496 e. The standard InChI is InChI=1S/C17H21NO7/c1-8-11(23-2)5-9-3-4-18-6-10(9)16(8)25-17-15(22)14(21)13(20)12(7-19)24-17/h3-6,12-15,17,19-22H,7H2,1-2H3/t12-,13-,14+,15-,17+/m1/s1. The Kier molecular flexibility index (Phi) is 5.07. The second-order valence-corrected chi connectivity index (χ2v) is 5.94. The Morgan fingerprint density at radius 1 is 1.20 bits per heavy atom. The Bertz CT molecular complexity index is 751. The fourth-order valence-corrected chi connectivity index (χ4v) is 2.93. The number of hydrogen-bond acceptors (Lipinski definition) is 8. The molecule has 3 rings (SSSR count). The van der Waals surface area contributed by atoms with E-state index >= 15 is 0 Å². The van der Waals surface area contributed by atoms with Crippen molar-refractivity contribution >= 4 is 10.8 Å². The smallest absolute Gasteiger partial charge is 0.229 e. The van der Waals surface area contributed by atoms with E-state index in [1.807, 2.05) is 6.07 Å². The number of aromatic nitrogens is 1. The Labute approximate surface area is 144 Å². The van der Waals surface area contributed by atoms with E-state index in [9.17, 15) is 20.4 Å². The molecule has 1 saturated heterocycles. The number of nitrogens with zero attached hydrogens (tertiary/aromatic N) is 1. The lowest BCUT2D eigenvalue weighted by molar-refractivity contribution is -0.277. The molecule has 2 aromatic rings. The third-order valence-corrected chi connectivity index (χ3v) is 4.40. The van der Waals surface area contributed by atoms with Gasteiger partial charge >= 0.3 is 0 Å². The van der Waals surface area contributed by atoms with Gasteiger partial charge in [-0.15, -0.1) is 0 Å². The molecule has 8 nitrogen and oxygen atoms in total. The van der Waals surface area contributed by atoms with Crippen molar-refractivity contribution in [2.45, 2.75) is 37.6 Å². The molecule has 1 aliphatic rings. The van der Waals surface area contributed by atoms with Crippen LogP contribution in [0, 0.1) is 6.92 Å². The van der Waals surface area contributed by atoms with E-state index in [0.717, 1.165) is 5.39 Å². The summed E-state index contributed by atoms with van der Waals surface area (Å²) in [5.41, 5.74) is 0.667. The molecule has 0 spiro atoms. The third kappa shape index (κ3) is 3.14. The van der Waals surface area contributed by atoms with Gasteiger partial charge in [0.25, 0.3) is 0 Å². The van der Waals surface area contributed by atoms with Gasteiger partial charge < -0.3 is 34.6 Å². The molecule has 8 heteroatoms. The number of fused-ring (bicyclic) bond motifs is 1. The summed E-state index contributed by atoms with van der Waals surface area (Å²) in [6.07, 6.45) is -3.51. The molecule has 0 saturated carbocycles. The summed E-state index contributed by atoms with van der Waals surface area (Å²) >= 11 is 0. The van der Waals surface area contributed by atoms with Gasteiger partial charge in [0.15, 0.2) is 0 Å².